The van der Waals surface area contributed by atoms with Crippen molar-refractivity contribution in [3.05, 3.63) is 0 Å². The first kappa shape index (κ1) is 14.7. The number of hydrogen-bond acceptors (Lipinski definition) is 4. The summed E-state index contributed by atoms with van der Waals surface area (Å²) in [6.07, 6.45) is -5.11. The molecule has 0 saturated heterocycles. The lowest BCUT2D eigenvalue weighted by Crippen LogP contribution is -2.65. The molecule has 0 aromatic heterocycles. The summed E-state index contributed by atoms with van der Waals surface area (Å²) >= 11 is 0. The molecule has 0 rings (SSSR count). The average molecular weight is 243 g/mol. The number of halogens is 3. The van der Waals surface area contributed by atoms with E-state index in [1.165, 1.54) is 12.2 Å². The number of hydrogen-bond donors (Lipinski definition) is 1. The Morgan fingerprint density at radius 2 is 1.81 bits per heavy atom. The van der Waals surface area contributed by atoms with Crippen molar-refractivity contribution in [2.75, 3.05) is 13.7 Å². The lowest BCUT2D eigenvalue weighted by molar-refractivity contribution is -0.279. The van der Waals surface area contributed by atoms with Gasteiger partial charge in [0.15, 0.2) is 0 Å². The van der Waals surface area contributed by atoms with E-state index < -0.39 is 23.8 Å². The van der Waals surface area contributed by atoms with Gasteiger partial charge in [-0.3, -0.25) is 4.79 Å². The maximum absolute atomic E-state index is 12.7. The largest absolute Gasteiger partial charge is 0.462 e. The van der Waals surface area contributed by atoms with Crippen LogP contribution in [0.5, 0.6) is 0 Å². The topological polar surface area (TPSA) is 64.6 Å². The van der Waals surface area contributed by atoms with E-state index in [0.717, 1.165) is 6.92 Å². The molecule has 94 valence electrons. The molecule has 1 amide bonds. The van der Waals surface area contributed by atoms with Crippen molar-refractivity contribution in [1.82, 2.24) is 5.32 Å². The number of amides is 1. The Hall–Kier alpha value is -1.31. The van der Waals surface area contributed by atoms with E-state index in [4.69, 9.17) is 0 Å². The van der Waals surface area contributed by atoms with Crippen LogP contribution >= 0.6 is 0 Å². The van der Waals surface area contributed by atoms with Gasteiger partial charge < -0.3 is 14.8 Å². The Labute approximate surface area is 89.9 Å². The molecule has 0 aromatic carbocycles. The molecule has 0 aromatic rings. The van der Waals surface area contributed by atoms with E-state index in [-0.39, 0.29) is 6.61 Å². The number of methoxy groups -OCH3 is 1. The van der Waals surface area contributed by atoms with Gasteiger partial charge in [-0.2, -0.15) is 13.2 Å². The highest BCUT2D eigenvalue weighted by molar-refractivity contribution is 5.86. The molecule has 0 bridgehead atoms. The van der Waals surface area contributed by atoms with Gasteiger partial charge in [0.05, 0.1) is 6.61 Å². The maximum atomic E-state index is 12.7. The number of rotatable bonds is 4. The molecule has 0 aliphatic carbocycles. The van der Waals surface area contributed by atoms with Gasteiger partial charge in [0, 0.05) is 14.0 Å². The third-order valence-electron chi connectivity index (χ3n) is 1.62. The zero-order valence-electron chi connectivity index (χ0n) is 8.97. The first-order valence-electron chi connectivity index (χ1n) is 4.29. The minimum absolute atomic E-state index is 0.264. The molecule has 5 nitrogen and oxygen atoms in total. The second kappa shape index (κ2) is 5.15. The summed E-state index contributed by atoms with van der Waals surface area (Å²) in [5.41, 5.74) is -3.45. The molecule has 0 aliphatic heterocycles. The van der Waals surface area contributed by atoms with Gasteiger partial charge in [0.1, 0.15) is 0 Å². The Balaban J connectivity index is 5.28. The highest BCUT2D eigenvalue weighted by Gasteiger charge is 2.64. The lowest BCUT2D eigenvalue weighted by atomic mass is 10.2. The summed E-state index contributed by atoms with van der Waals surface area (Å²) in [5.74, 6) is -2.77. The van der Waals surface area contributed by atoms with E-state index in [0.29, 0.717) is 7.11 Å². The number of carbonyl (C=O) groups is 2. The van der Waals surface area contributed by atoms with E-state index in [1.54, 1.807) is 0 Å². The highest BCUT2D eigenvalue weighted by atomic mass is 19.4. The molecule has 0 heterocycles. The standard InChI is InChI=1S/C8H12F3NO4/c1-4-16-6(14)7(15-3,8(9,10)11)12-5(2)13/h4H2,1-3H3,(H,12,13). The fourth-order valence-corrected chi connectivity index (χ4v) is 0.968. The van der Waals surface area contributed by atoms with Crippen molar-refractivity contribution < 1.29 is 32.2 Å². The Morgan fingerprint density at radius 1 is 1.31 bits per heavy atom. The Bertz CT molecular complexity index is 279. The van der Waals surface area contributed by atoms with Crippen LogP contribution in [0, 0.1) is 0 Å². The van der Waals surface area contributed by atoms with Crippen molar-refractivity contribution >= 4 is 11.9 Å². The normalized spacial score (nSPS) is 15.1. The monoisotopic (exact) mass is 243 g/mol. The van der Waals surface area contributed by atoms with Crippen LogP contribution in [0.4, 0.5) is 13.2 Å². The SMILES string of the molecule is CCOC(=O)C(NC(C)=O)(OC)C(F)(F)F. The van der Waals surface area contributed by atoms with E-state index in [1.807, 2.05) is 0 Å². The predicted molar refractivity (Wildman–Crippen MR) is 46.2 cm³/mol. The van der Waals surface area contributed by atoms with E-state index in [2.05, 4.69) is 9.47 Å². The van der Waals surface area contributed by atoms with Gasteiger partial charge in [0.25, 0.3) is 0 Å². The Kier molecular flexibility index (Phi) is 4.73. The van der Waals surface area contributed by atoms with E-state index >= 15 is 0 Å². The smallest absolute Gasteiger partial charge is 0.448 e. The summed E-state index contributed by atoms with van der Waals surface area (Å²) in [6.45, 7) is 1.90. The first-order chi connectivity index (χ1) is 7.21. The number of nitrogens with one attached hydrogen (secondary N) is 1. The lowest BCUT2D eigenvalue weighted by Gasteiger charge is -2.31. The molecule has 0 radical (unpaired) electrons. The van der Waals surface area contributed by atoms with Crippen LogP contribution in [-0.2, 0) is 19.1 Å². The second-order valence-corrected chi connectivity index (χ2v) is 2.78. The minimum atomic E-state index is -5.11. The number of carbonyl (C=O) groups excluding carboxylic acids is 2. The van der Waals surface area contributed by atoms with Crippen LogP contribution < -0.4 is 5.32 Å². The third-order valence-corrected chi connectivity index (χ3v) is 1.62. The molecule has 0 fully saturated rings. The molecule has 1 N–H and O–H groups in total. The number of alkyl halides is 3. The second-order valence-electron chi connectivity index (χ2n) is 2.78. The first-order valence-corrected chi connectivity index (χ1v) is 4.29. The number of ether oxygens (including phenoxy) is 2. The maximum Gasteiger partial charge on any atom is 0.448 e. The predicted octanol–water partition coefficient (Wildman–Crippen LogP) is 0.591. The van der Waals surface area contributed by atoms with Crippen molar-refractivity contribution in [3.8, 4) is 0 Å². The van der Waals surface area contributed by atoms with Gasteiger partial charge in [-0.25, -0.2) is 4.79 Å². The van der Waals surface area contributed by atoms with Gasteiger partial charge >= 0.3 is 17.9 Å². The van der Waals surface area contributed by atoms with Gasteiger partial charge in [-0.1, -0.05) is 0 Å². The quantitative estimate of drug-likeness (QED) is 0.579. The van der Waals surface area contributed by atoms with Crippen LogP contribution in [0.3, 0.4) is 0 Å². The molecule has 16 heavy (non-hydrogen) atoms. The molecule has 1 unspecified atom stereocenters. The van der Waals surface area contributed by atoms with Crippen molar-refractivity contribution in [2.45, 2.75) is 25.7 Å². The molecule has 1 atom stereocenters. The van der Waals surface area contributed by atoms with Gasteiger partial charge in [-0.15, -0.1) is 0 Å². The summed E-state index contributed by atoms with van der Waals surface area (Å²) in [6, 6.07) is 0. The van der Waals surface area contributed by atoms with Crippen LogP contribution in [0.25, 0.3) is 0 Å². The van der Waals surface area contributed by atoms with Crippen LogP contribution in [0.2, 0.25) is 0 Å². The van der Waals surface area contributed by atoms with Crippen molar-refractivity contribution in [2.24, 2.45) is 0 Å². The summed E-state index contributed by atoms with van der Waals surface area (Å²) in [5, 5.41) is 1.41. The van der Waals surface area contributed by atoms with Crippen molar-refractivity contribution in [3.63, 3.8) is 0 Å². The van der Waals surface area contributed by atoms with E-state index in [9.17, 15) is 22.8 Å². The zero-order chi connectivity index (χ0) is 13.0. The fraction of sp³-hybridized carbons (Fsp3) is 0.750. The summed E-state index contributed by atoms with van der Waals surface area (Å²) < 4.78 is 46.3. The van der Waals surface area contributed by atoms with Crippen LogP contribution in [0.1, 0.15) is 13.8 Å². The summed E-state index contributed by atoms with van der Waals surface area (Å²) in [4.78, 5) is 21.9. The molecule has 8 heteroatoms. The molecule has 0 spiro atoms. The van der Waals surface area contributed by atoms with Crippen molar-refractivity contribution in [1.29, 1.82) is 0 Å². The third kappa shape index (κ3) is 2.84. The fourth-order valence-electron chi connectivity index (χ4n) is 0.968. The van der Waals surface area contributed by atoms with Gasteiger partial charge in [0.2, 0.25) is 5.91 Å². The molecular weight excluding hydrogens is 231 g/mol. The Morgan fingerprint density at radius 3 is 2.06 bits per heavy atom. The van der Waals surface area contributed by atoms with Crippen LogP contribution in [0.15, 0.2) is 0 Å². The van der Waals surface area contributed by atoms with Crippen LogP contribution in [-0.4, -0.2) is 37.5 Å². The number of esters is 1. The summed E-state index contributed by atoms with van der Waals surface area (Å²) in [7, 11) is 0.653. The zero-order valence-corrected chi connectivity index (χ0v) is 8.97. The molecule has 0 aliphatic rings. The van der Waals surface area contributed by atoms with Gasteiger partial charge in [-0.05, 0) is 6.92 Å². The molecule has 0 saturated carbocycles. The molecular formula is C8H12F3NO4. The average Bonchev–Trinajstić information content (AvgIpc) is 2.12. The minimum Gasteiger partial charge on any atom is -0.462 e. The highest BCUT2D eigenvalue weighted by Crippen LogP contribution is 2.32.